The molecule has 0 atom stereocenters. The molecule has 3 aromatic rings. The summed E-state index contributed by atoms with van der Waals surface area (Å²) in [6, 6.07) is 15.3. The number of aliphatic imine (C=N–C) groups is 1. The SMILES string of the molecule is CCOC(=O)c1c(-c2ccccc2)csc1N=Cc1ccc(OC)c(OC)c1. The van der Waals surface area contributed by atoms with E-state index in [1.54, 1.807) is 27.4 Å². The molecule has 0 saturated carbocycles. The van der Waals surface area contributed by atoms with Crippen molar-refractivity contribution in [2.45, 2.75) is 6.92 Å². The lowest BCUT2D eigenvalue weighted by Gasteiger charge is -2.07. The smallest absolute Gasteiger partial charge is 0.341 e. The Morgan fingerprint density at radius 3 is 2.50 bits per heavy atom. The molecule has 0 radical (unpaired) electrons. The second-order valence-electron chi connectivity index (χ2n) is 5.79. The van der Waals surface area contributed by atoms with Crippen LogP contribution in [0.25, 0.3) is 11.1 Å². The maximum absolute atomic E-state index is 12.6. The van der Waals surface area contributed by atoms with Crippen LogP contribution >= 0.6 is 11.3 Å². The first-order chi connectivity index (χ1) is 13.7. The second-order valence-corrected chi connectivity index (χ2v) is 6.65. The molecule has 0 saturated heterocycles. The highest BCUT2D eigenvalue weighted by Crippen LogP contribution is 2.38. The Labute approximate surface area is 168 Å². The maximum Gasteiger partial charge on any atom is 0.341 e. The third kappa shape index (κ3) is 4.23. The van der Waals surface area contributed by atoms with Gasteiger partial charge in [-0.1, -0.05) is 30.3 Å². The Hall–Kier alpha value is -3.12. The summed E-state index contributed by atoms with van der Waals surface area (Å²) in [5.41, 5.74) is 3.09. The van der Waals surface area contributed by atoms with Gasteiger partial charge >= 0.3 is 5.97 Å². The van der Waals surface area contributed by atoms with E-state index >= 15 is 0 Å². The molecule has 28 heavy (non-hydrogen) atoms. The summed E-state index contributed by atoms with van der Waals surface area (Å²) >= 11 is 1.41. The number of methoxy groups -OCH3 is 2. The molecule has 0 spiro atoms. The Morgan fingerprint density at radius 2 is 1.82 bits per heavy atom. The average Bonchev–Trinajstić information content (AvgIpc) is 3.17. The summed E-state index contributed by atoms with van der Waals surface area (Å²) in [7, 11) is 3.18. The predicted molar refractivity (Wildman–Crippen MR) is 113 cm³/mol. The first kappa shape index (κ1) is 19.6. The van der Waals surface area contributed by atoms with E-state index in [-0.39, 0.29) is 5.97 Å². The summed E-state index contributed by atoms with van der Waals surface area (Å²) in [5.74, 6) is 0.893. The molecule has 0 amide bonds. The topological polar surface area (TPSA) is 57.1 Å². The Kier molecular flexibility index (Phi) is 6.45. The maximum atomic E-state index is 12.6. The van der Waals surface area contributed by atoms with Crippen LogP contribution in [-0.4, -0.2) is 33.0 Å². The van der Waals surface area contributed by atoms with Gasteiger partial charge in [-0.25, -0.2) is 9.79 Å². The number of esters is 1. The van der Waals surface area contributed by atoms with Crippen LogP contribution in [0.3, 0.4) is 0 Å². The van der Waals surface area contributed by atoms with Crippen molar-refractivity contribution in [2.75, 3.05) is 20.8 Å². The minimum absolute atomic E-state index is 0.307. The molecule has 0 aliphatic carbocycles. The number of hydrogen-bond donors (Lipinski definition) is 0. The van der Waals surface area contributed by atoms with E-state index in [0.29, 0.717) is 28.7 Å². The molecule has 0 aliphatic rings. The largest absolute Gasteiger partial charge is 0.493 e. The van der Waals surface area contributed by atoms with Crippen LogP contribution in [0.5, 0.6) is 11.5 Å². The number of benzene rings is 2. The highest BCUT2D eigenvalue weighted by molar-refractivity contribution is 7.14. The van der Waals surface area contributed by atoms with Crippen LogP contribution in [-0.2, 0) is 4.74 Å². The first-order valence-electron chi connectivity index (χ1n) is 8.78. The van der Waals surface area contributed by atoms with Crippen LogP contribution in [0.2, 0.25) is 0 Å². The Balaban J connectivity index is 1.99. The summed E-state index contributed by atoms with van der Waals surface area (Å²) in [5, 5.41) is 2.54. The molecule has 0 N–H and O–H groups in total. The van der Waals surface area contributed by atoms with Gasteiger partial charge in [-0.3, -0.25) is 0 Å². The second kappa shape index (κ2) is 9.19. The fourth-order valence-electron chi connectivity index (χ4n) is 2.74. The van der Waals surface area contributed by atoms with E-state index in [9.17, 15) is 4.79 Å². The molecule has 0 aliphatic heterocycles. The van der Waals surface area contributed by atoms with Crippen molar-refractivity contribution in [3.63, 3.8) is 0 Å². The first-order valence-corrected chi connectivity index (χ1v) is 9.66. The van der Waals surface area contributed by atoms with Gasteiger partial charge in [-0.2, -0.15) is 0 Å². The van der Waals surface area contributed by atoms with Gasteiger partial charge in [-0.15, -0.1) is 11.3 Å². The molecule has 2 aromatic carbocycles. The van der Waals surface area contributed by atoms with Gasteiger partial charge in [0.25, 0.3) is 0 Å². The third-order valence-electron chi connectivity index (χ3n) is 4.07. The van der Waals surface area contributed by atoms with Crippen molar-refractivity contribution in [3.05, 3.63) is 65.0 Å². The van der Waals surface area contributed by atoms with E-state index in [0.717, 1.165) is 16.7 Å². The van der Waals surface area contributed by atoms with Gasteiger partial charge < -0.3 is 14.2 Å². The van der Waals surface area contributed by atoms with E-state index < -0.39 is 0 Å². The lowest BCUT2D eigenvalue weighted by Crippen LogP contribution is -2.05. The van der Waals surface area contributed by atoms with E-state index in [2.05, 4.69) is 4.99 Å². The fraction of sp³-hybridized carbons (Fsp3) is 0.182. The van der Waals surface area contributed by atoms with Crippen LogP contribution in [0.4, 0.5) is 5.00 Å². The summed E-state index contributed by atoms with van der Waals surface area (Å²) in [4.78, 5) is 17.1. The zero-order chi connectivity index (χ0) is 19.9. The van der Waals surface area contributed by atoms with Crippen LogP contribution in [0.1, 0.15) is 22.8 Å². The average molecular weight is 395 g/mol. The van der Waals surface area contributed by atoms with Crippen molar-refractivity contribution in [1.29, 1.82) is 0 Å². The van der Waals surface area contributed by atoms with Gasteiger partial charge in [0.05, 0.1) is 20.8 Å². The number of hydrogen-bond acceptors (Lipinski definition) is 6. The Morgan fingerprint density at radius 1 is 1.07 bits per heavy atom. The number of thiophene rings is 1. The zero-order valence-corrected chi connectivity index (χ0v) is 16.8. The lowest BCUT2D eigenvalue weighted by atomic mass is 10.0. The third-order valence-corrected chi connectivity index (χ3v) is 4.96. The monoisotopic (exact) mass is 395 g/mol. The molecule has 144 valence electrons. The van der Waals surface area contributed by atoms with Crippen molar-refractivity contribution < 1.29 is 19.0 Å². The lowest BCUT2D eigenvalue weighted by molar-refractivity contribution is 0.0529. The predicted octanol–water partition coefficient (Wildman–Crippen LogP) is 5.36. The molecule has 0 unspecified atom stereocenters. The summed E-state index contributed by atoms with van der Waals surface area (Å²) < 4.78 is 15.8. The van der Waals surface area contributed by atoms with E-state index in [4.69, 9.17) is 14.2 Å². The van der Waals surface area contributed by atoms with Gasteiger partial charge in [-0.05, 0) is 36.2 Å². The van der Waals surface area contributed by atoms with Gasteiger partial charge in [0, 0.05) is 17.2 Å². The quantitative estimate of drug-likeness (QED) is 0.399. The number of carbonyl (C=O) groups excluding carboxylic acids is 1. The molecular weight excluding hydrogens is 374 g/mol. The molecule has 6 heteroatoms. The fourth-order valence-corrected chi connectivity index (χ4v) is 3.65. The Bertz CT molecular complexity index is 979. The number of ether oxygens (including phenoxy) is 3. The summed E-state index contributed by atoms with van der Waals surface area (Å²) in [6.45, 7) is 2.10. The molecule has 3 rings (SSSR count). The standard InChI is InChI=1S/C22H21NO4S/c1-4-27-22(24)20-17(16-8-6-5-7-9-16)14-28-21(20)23-13-15-10-11-18(25-2)19(12-15)26-3/h5-14H,4H2,1-3H3. The molecule has 0 fully saturated rings. The van der Waals surface area contributed by atoms with E-state index in [1.807, 2.05) is 53.9 Å². The van der Waals surface area contributed by atoms with Crippen molar-refractivity contribution in [3.8, 4) is 22.6 Å². The normalized spacial score (nSPS) is 10.8. The zero-order valence-electron chi connectivity index (χ0n) is 16.0. The van der Waals surface area contributed by atoms with Gasteiger partial charge in [0.15, 0.2) is 11.5 Å². The van der Waals surface area contributed by atoms with Gasteiger partial charge in [0.2, 0.25) is 0 Å². The van der Waals surface area contributed by atoms with Crippen molar-refractivity contribution in [1.82, 2.24) is 0 Å². The minimum atomic E-state index is -0.373. The molecular formula is C22H21NO4S. The molecule has 5 nitrogen and oxygen atoms in total. The highest BCUT2D eigenvalue weighted by Gasteiger charge is 2.21. The number of rotatable bonds is 7. The van der Waals surface area contributed by atoms with Gasteiger partial charge in [0.1, 0.15) is 10.6 Å². The van der Waals surface area contributed by atoms with Crippen LogP contribution in [0, 0.1) is 0 Å². The molecule has 1 heterocycles. The van der Waals surface area contributed by atoms with E-state index in [1.165, 1.54) is 11.3 Å². The number of nitrogens with zero attached hydrogens (tertiary/aromatic N) is 1. The summed E-state index contributed by atoms with van der Waals surface area (Å²) in [6.07, 6.45) is 1.70. The van der Waals surface area contributed by atoms with Crippen LogP contribution < -0.4 is 9.47 Å². The molecule has 0 bridgehead atoms. The van der Waals surface area contributed by atoms with Crippen LogP contribution in [0.15, 0.2) is 58.9 Å². The number of carbonyl (C=O) groups is 1. The highest BCUT2D eigenvalue weighted by atomic mass is 32.1. The van der Waals surface area contributed by atoms with Crippen molar-refractivity contribution >= 4 is 28.5 Å². The molecule has 1 aromatic heterocycles. The minimum Gasteiger partial charge on any atom is -0.493 e. The van der Waals surface area contributed by atoms with Crippen molar-refractivity contribution in [2.24, 2.45) is 4.99 Å².